The molecule has 0 saturated carbocycles. The Morgan fingerprint density at radius 1 is 0.556 bits per heavy atom. The number of aryl methyl sites for hydroxylation is 2. The highest BCUT2D eigenvalue weighted by Crippen LogP contribution is 2.41. The van der Waals surface area contributed by atoms with Gasteiger partial charge in [0.25, 0.3) is 0 Å². The van der Waals surface area contributed by atoms with E-state index < -0.39 is 0 Å². The van der Waals surface area contributed by atoms with Gasteiger partial charge in [0, 0.05) is 20.9 Å². The summed E-state index contributed by atoms with van der Waals surface area (Å²) in [7, 11) is 0. The molecule has 0 saturated heterocycles. The highest BCUT2D eigenvalue weighted by Gasteiger charge is 2.18. The van der Waals surface area contributed by atoms with Gasteiger partial charge in [0.1, 0.15) is 11.6 Å². The maximum absolute atomic E-state index is 15.2. The molecule has 0 nitrogen and oxygen atoms in total. The van der Waals surface area contributed by atoms with Crippen molar-refractivity contribution in [3.63, 3.8) is 0 Å². The summed E-state index contributed by atoms with van der Waals surface area (Å²) in [6, 6.07) is 6.80. The third-order valence-corrected chi connectivity index (χ3v) is 10.7. The Bertz CT molecular complexity index is 1000. The maximum Gasteiger partial charge on any atom is 0.132 e. The van der Waals surface area contributed by atoms with Crippen LogP contribution in [-0.4, -0.2) is 0 Å². The van der Waals surface area contributed by atoms with Crippen LogP contribution in [0.3, 0.4) is 0 Å². The van der Waals surface area contributed by atoms with E-state index in [1.807, 2.05) is 12.1 Å². The van der Waals surface area contributed by atoms with Crippen molar-refractivity contribution in [1.29, 1.82) is 0 Å². The molecule has 0 atom stereocenters. The molecule has 36 heavy (non-hydrogen) atoms. The molecule has 3 rings (SSSR count). The van der Waals surface area contributed by atoms with Gasteiger partial charge < -0.3 is 0 Å². The minimum Gasteiger partial charge on any atom is -0.206 e. The van der Waals surface area contributed by atoms with Crippen LogP contribution in [0.4, 0.5) is 8.78 Å². The topological polar surface area (TPSA) is 0 Å². The number of thiophene rings is 2. The molecule has 198 valence electrons. The van der Waals surface area contributed by atoms with Crippen LogP contribution in [0.2, 0.25) is 0 Å². The summed E-state index contributed by atoms with van der Waals surface area (Å²) in [5.41, 5.74) is 3.07. The van der Waals surface area contributed by atoms with Crippen molar-refractivity contribution in [3.8, 4) is 20.9 Å². The first-order valence-corrected chi connectivity index (χ1v) is 16.7. The Morgan fingerprint density at radius 3 is 1.31 bits per heavy atom. The lowest BCUT2D eigenvalue weighted by Crippen LogP contribution is -1.90. The summed E-state index contributed by atoms with van der Waals surface area (Å²) in [5, 5.41) is 0. The van der Waals surface area contributed by atoms with Crippen LogP contribution in [0, 0.1) is 11.6 Å². The van der Waals surface area contributed by atoms with Crippen molar-refractivity contribution in [3.05, 3.63) is 54.6 Å². The van der Waals surface area contributed by atoms with Crippen LogP contribution in [0.5, 0.6) is 0 Å². The molecule has 0 amide bonds. The van der Waals surface area contributed by atoms with E-state index in [9.17, 15) is 0 Å². The van der Waals surface area contributed by atoms with Crippen molar-refractivity contribution >= 4 is 54.5 Å². The number of benzene rings is 1. The predicted molar refractivity (Wildman–Crippen MR) is 163 cm³/mol. The van der Waals surface area contributed by atoms with Gasteiger partial charge in [-0.15, -0.1) is 22.7 Å². The van der Waals surface area contributed by atoms with Gasteiger partial charge >= 0.3 is 0 Å². The lowest BCUT2D eigenvalue weighted by atomic mass is 10.0. The Morgan fingerprint density at radius 2 is 0.917 bits per heavy atom. The van der Waals surface area contributed by atoms with Crippen molar-refractivity contribution in [2.75, 3.05) is 0 Å². The predicted octanol–water partition coefficient (Wildman–Crippen LogP) is 12.8. The summed E-state index contributed by atoms with van der Waals surface area (Å²) in [6.07, 6.45) is 16.9. The van der Waals surface area contributed by atoms with Crippen LogP contribution in [0.15, 0.2) is 31.8 Å². The van der Waals surface area contributed by atoms with Gasteiger partial charge in [-0.05, 0) is 92.9 Å². The zero-order valence-corrected chi connectivity index (χ0v) is 26.3. The average molecular weight is 661 g/mol. The number of hydrogen-bond acceptors (Lipinski definition) is 2. The van der Waals surface area contributed by atoms with Crippen LogP contribution < -0.4 is 0 Å². The fourth-order valence-corrected chi connectivity index (χ4v) is 8.11. The molecular weight excluding hydrogens is 622 g/mol. The van der Waals surface area contributed by atoms with E-state index in [0.717, 1.165) is 43.0 Å². The largest absolute Gasteiger partial charge is 0.206 e. The summed E-state index contributed by atoms with van der Waals surface area (Å²) < 4.78 is 32.5. The summed E-state index contributed by atoms with van der Waals surface area (Å²) in [5.74, 6) is -0.735. The van der Waals surface area contributed by atoms with Crippen LogP contribution in [0.1, 0.15) is 102 Å². The molecule has 0 aliphatic carbocycles. The Labute approximate surface area is 241 Å². The van der Waals surface area contributed by atoms with Crippen LogP contribution >= 0.6 is 54.5 Å². The number of rotatable bonds is 16. The number of halogens is 4. The van der Waals surface area contributed by atoms with Gasteiger partial charge in [-0.25, -0.2) is 8.78 Å². The lowest BCUT2D eigenvalue weighted by molar-refractivity contribution is 0.606. The van der Waals surface area contributed by atoms with Crippen molar-refractivity contribution < 1.29 is 8.78 Å². The van der Waals surface area contributed by atoms with Gasteiger partial charge in [0.2, 0.25) is 0 Å². The SMILES string of the molecule is CCCCCCCCc1cc(-c2cc(F)c(-c3cc(CCCCCCCC)c(Br)s3)cc2F)sc1Br. The van der Waals surface area contributed by atoms with E-state index >= 15 is 8.78 Å². The maximum atomic E-state index is 15.2. The fraction of sp³-hybridized carbons (Fsp3) is 0.533. The van der Waals surface area contributed by atoms with E-state index in [4.69, 9.17) is 0 Å². The lowest BCUT2D eigenvalue weighted by Gasteiger charge is -2.06. The van der Waals surface area contributed by atoms with E-state index in [1.54, 1.807) is 0 Å². The van der Waals surface area contributed by atoms with Gasteiger partial charge in [0.05, 0.1) is 7.57 Å². The quantitative estimate of drug-likeness (QED) is 0.134. The van der Waals surface area contributed by atoms with Gasteiger partial charge in [0.15, 0.2) is 0 Å². The zero-order chi connectivity index (χ0) is 25.9. The molecule has 0 N–H and O–H groups in total. The first-order valence-electron chi connectivity index (χ1n) is 13.5. The molecule has 0 aliphatic rings. The highest BCUT2D eigenvalue weighted by molar-refractivity contribution is 9.11. The molecule has 0 aliphatic heterocycles. The fourth-order valence-electron chi connectivity index (χ4n) is 4.54. The Hall–Kier alpha value is -0.560. The average Bonchev–Trinajstić information content (AvgIpc) is 3.41. The highest BCUT2D eigenvalue weighted by atomic mass is 79.9. The minimum absolute atomic E-state index is 0.346. The number of unbranched alkanes of at least 4 members (excludes halogenated alkanes) is 10. The molecular formula is C30H38Br2F2S2. The minimum atomic E-state index is -0.367. The second-order valence-electron chi connectivity index (χ2n) is 9.67. The normalized spacial score (nSPS) is 11.5. The second-order valence-corrected chi connectivity index (χ2v) is 14.4. The molecule has 3 aromatic rings. The summed E-state index contributed by atoms with van der Waals surface area (Å²) in [4.78, 5) is 1.56. The molecule has 0 fully saturated rings. The second kappa shape index (κ2) is 15.8. The Balaban J connectivity index is 1.66. The van der Waals surface area contributed by atoms with E-state index in [-0.39, 0.29) is 11.6 Å². The molecule has 2 aromatic heterocycles. The number of hydrogen-bond donors (Lipinski definition) is 0. The summed E-state index contributed by atoms with van der Waals surface area (Å²) >= 11 is 10.3. The monoisotopic (exact) mass is 658 g/mol. The third kappa shape index (κ3) is 8.74. The van der Waals surface area contributed by atoms with Gasteiger partial charge in [-0.2, -0.15) is 0 Å². The zero-order valence-electron chi connectivity index (χ0n) is 21.5. The van der Waals surface area contributed by atoms with E-state index in [1.165, 1.54) is 110 Å². The molecule has 6 heteroatoms. The van der Waals surface area contributed by atoms with Crippen LogP contribution in [0.25, 0.3) is 20.9 Å². The smallest absolute Gasteiger partial charge is 0.132 e. The summed E-state index contributed by atoms with van der Waals surface area (Å²) in [6.45, 7) is 4.46. The van der Waals surface area contributed by atoms with Crippen molar-refractivity contribution in [2.45, 2.75) is 104 Å². The first-order chi connectivity index (χ1) is 17.4. The van der Waals surface area contributed by atoms with E-state index in [0.29, 0.717) is 11.1 Å². The van der Waals surface area contributed by atoms with Gasteiger partial charge in [-0.3, -0.25) is 0 Å². The van der Waals surface area contributed by atoms with Crippen LogP contribution in [-0.2, 0) is 12.8 Å². The van der Waals surface area contributed by atoms with Crippen molar-refractivity contribution in [1.82, 2.24) is 0 Å². The first kappa shape index (κ1) is 30.0. The van der Waals surface area contributed by atoms with Gasteiger partial charge in [-0.1, -0.05) is 78.1 Å². The molecule has 2 heterocycles. The molecule has 0 radical (unpaired) electrons. The molecule has 0 unspecified atom stereocenters. The third-order valence-electron chi connectivity index (χ3n) is 6.70. The molecule has 1 aromatic carbocycles. The Kier molecular flexibility index (Phi) is 13.1. The molecule has 0 bridgehead atoms. The van der Waals surface area contributed by atoms with Crippen molar-refractivity contribution in [2.24, 2.45) is 0 Å². The molecule has 0 spiro atoms. The standard InChI is InChI=1S/C30H38Br2F2S2/c1-3-5-7-9-11-13-15-21-17-27(35-29(21)31)23-19-26(34)24(20-25(23)33)28-18-22(30(32)36-28)16-14-12-10-8-6-4-2/h17-20H,3-16H2,1-2H3. The van der Waals surface area contributed by atoms with E-state index in [2.05, 4.69) is 45.7 Å².